The minimum absolute atomic E-state index is 0.913. The Labute approximate surface area is 58.7 Å². The summed E-state index contributed by atoms with van der Waals surface area (Å²) in [4.78, 5) is 8.56. The summed E-state index contributed by atoms with van der Waals surface area (Å²) < 4.78 is 4.89. The number of allylic oxidation sites excluding steroid dienone is 1. The molecule has 2 N–H and O–H groups in total. The molecule has 0 saturated carbocycles. The summed E-state index contributed by atoms with van der Waals surface area (Å²) in [7, 11) is 0. The summed E-state index contributed by atoms with van der Waals surface area (Å²) in [6.45, 7) is 0.913. The zero-order valence-corrected chi connectivity index (χ0v) is 5.49. The molecule has 0 bridgehead atoms. The largest absolute Gasteiger partial charge is 0.503 e. The van der Waals surface area contributed by atoms with E-state index in [-0.39, 0.29) is 0 Å². The Morgan fingerprint density at radius 1 is 1.50 bits per heavy atom. The van der Waals surface area contributed by atoms with E-state index < -0.39 is 6.16 Å². The molecule has 0 spiro atoms. The van der Waals surface area contributed by atoms with Crippen LogP contribution in [0.5, 0.6) is 0 Å². The van der Waals surface area contributed by atoms with Crippen LogP contribution >= 0.6 is 0 Å². The van der Waals surface area contributed by atoms with Crippen molar-refractivity contribution in [1.29, 1.82) is 0 Å². The van der Waals surface area contributed by atoms with Crippen LogP contribution in [-0.4, -0.2) is 23.0 Å². The number of ether oxygens (including phenoxy) is 1. The van der Waals surface area contributed by atoms with Crippen LogP contribution in [0.25, 0.3) is 0 Å². The van der Waals surface area contributed by atoms with Crippen molar-refractivity contribution >= 4 is 6.16 Å². The lowest BCUT2D eigenvalue weighted by Gasteiger charge is -2.01. The highest BCUT2D eigenvalue weighted by Gasteiger charge is 1.86. The second kappa shape index (κ2) is 5.94. The third kappa shape index (κ3) is 9.94. The minimum Gasteiger partial charge on any atom is -0.502 e. The fraction of sp³-hybridized carbons (Fsp3) is 0.500. The van der Waals surface area contributed by atoms with Gasteiger partial charge in [-0.15, -0.1) is 0 Å². The molecule has 0 atom stereocenters. The van der Waals surface area contributed by atoms with E-state index >= 15 is 0 Å². The van der Waals surface area contributed by atoms with Gasteiger partial charge in [-0.3, -0.25) is 0 Å². The minimum atomic E-state index is -1.83. The molecule has 0 fully saturated rings. The van der Waals surface area contributed by atoms with Crippen molar-refractivity contribution in [1.82, 2.24) is 0 Å². The van der Waals surface area contributed by atoms with Crippen molar-refractivity contribution in [2.75, 3.05) is 6.61 Å². The van der Waals surface area contributed by atoms with Gasteiger partial charge in [0, 0.05) is 0 Å². The number of hydrogen-bond acceptors (Lipinski definition) is 2. The third-order valence-corrected chi connectivity index (χ3v) is 0.825. The van der Waals surface area contributed by atoms with Crippen molar-refractivity contribution in [2.24, 2.45) is 0 Å². The van der Waals surface area contributed by atoms with Crippen LogP contribution in [0.1, 0.15) is 12.8 Å². The van der Waals surface area contributed by atoms with Crippen LogP contribution < -0.4 is 0 Å². The first-order chi connectivity index (χ1) is 4.73. The predicted molar refractivity (Wildman–Crippen MR) is 35.0 cm³/mol. The zero-order valence-electron chi connectivity index (χ0n) is 5.49. The molecule has 0 unspecified atom stereocenters. The van der Waals surface area contributed by atoms with E-state index in [9.17, 15) is 0 Å². The molecule has 0 amide bonds. The highest BCUT2D eigenvalue weighted by Crippen LogP contribution is 1.97. The monoisotopic (exact) mass is 146 g/mol. The van der Waals surface area contributed by atoms with Crippen LogP contribution in [0.4, 0.5) is 4.79 Å². The Morgan fingerprint density at radius 2 is 2.10 bits per heavy atom. The average molecular weight is 146 g/mol. The van der Waals surface area contributed by atoms with E-state index in [2.05, 4.69) is 0 Å². The number of rotatable bonds is 0. The quantitative estimate of drug-likeness (QED) is 0.543. The first kappa shape index (κ1) is 8.81. The molecule has 1 heterocycles. The van der Waals surface area contributed by atoms with Gasteiger partial charge in [0.25, 0.3) is 0 Å². The maximum Gasteiger partial charge on any atom is 0.503 e. The highest BCUT2D eigenvalue weighted by atomic mass is 16.6. The molecular formula is C6H10O4. The van der Waals surface area contributed by atoms with Gasteiger partial charge in [-0.1, -0.05) is 0 Å². The van der Waals surface area contributed by atoms with Crippen molar-refractivity contribution in [3.8, 4) is 0 Å². The van der Waals surface area contributed by atoms with Crippen molar-refractivity contribution in [3.05, 3.63) is 12.3 Å². The molecule has 58 valence electrons. The molecule has 4 nitrogen and oxygen atoms in total. The van der Waals surface area contributed by atoms with Crippen LogP contribution in [0, 0.1) is 0 Å². The molecule has 0 aromatic heterocycles. The SMILES string of the molecule is C1=COCCC1.O=C(O)O. The molecule has 0 radical (unpaired) electrons. The van der Waals surface area contributed by atoms with E-state index in [0.717, 1.165) is 6.61 Å². The molecule has 10 heavy (non-hydrogen) atoms. The molecule has 1 rings (SSSR count). The van der Waals surface area contributed by atoms with Gasteiger partial charge >= 0.3 is 6.16 Å². The summed E-state index contributed by atoms with van der Waals surface area (Å²) >= 11 is 0. The lowest BCUT2D eigenvalue weighted by molar-refractivity contribution is 0.137. The second-order valence-electron chi connectivity index (χ2n) is 1.67. The lowest BCUT2D eigenvalue weighted by atomic mass is 10.3. The van der Waals surface area contributed by atoms with Gasteiger partial charge in [0.05, 0.1) is 12.9 Å². The van der Waals surface area contributed by atoms with Crippen LogP contribution in [0.3, 0.4) is 0 Å². The molecule has 4 heteroatoms. The smallest absolute Gasteiger partial charge is 0.502 e. The normalized spacial score (nSPS) is 14.4. The Hall–Kier alpha value is -1.19. The van der Waals surface area contributed by atoms with Gasteiger partial charge in [0.1, 0.15) is 0 Å². The van der Waals surface area contributed by atoms with E-state index in [4.69, 9.17) is 19.7 Å². The molecule has 0 aromatic carbocycles. The zero-order chi connectivity index (χ0) is 7.82. The fourth-order valence-corrected chi connectivity index (χ4v) is 0.489. The summed E-state index contributed by atoms with van der Waals surface area (Å²) in [6.07, 6.45) is 4.36. The summed E-state index contributed by atoms with van der Waals surface area (Å²) in [5.41, 5.74) is 0. The maximum absolute atomic E-state index is 8.56. The van der Waals surface area contributed by atoms with Crippen LogP contribution in [0.2, 0.25) is 0 Å². The first-order valence-electron chi connectivity index (χ1n) is 2.92. The maximum atomic E-state index is 8.56. The first-order valence-corrected chi connectivity index (χ1v) is 2.92. The summed E-state index contributed by atoms with van der Waals surface area (Å²) in [6, 6.07) is 0. The molecule has 1 aliphatic rings. The van der Waals surface area contributed by atoms with E-state index in [0.29, 0.717) is 0 Å². The van der Waals surface area contributed by atoms with Gasteiger partial charge in [0.2, 0.25) is 0 Å². The van der Waals surface area contributed by atoms with E-state index in [1.54, 1.807) is 6.26 Å². The summed E-state index contributed by atoms with van der Waals surface area (Å²) in [5.74, 6) is 0. The lowest BCUT2D eigenvalue weighted by Crippen LogP contribution is -1.90. The van der Waals surface area contributed by atoms with Crippen LogP contribution in [-0.2, 0) is 4.74 Å². The van der Waals surface area contributed by atoms with Gasteiger partial charge in [-0.2, -0.15) is 0 Å². The Morgan fingerprint density at radius 3 is 2.20 bits per heavy atom. The molecular weight excluding hydrogens is 136 g/mol. The van der Waals surface area contributed by atoms with E-state index in [1.807, 2.05) is 6.08 Å². The Balaban J connectivity index is 0.000000180. The Bertz CT molecular complexity index is 107. The second-order valence-corrected chi connectivity index (χ2v) is 1.67. The topological polar surface area (TPSA) is 66.8 Å². The highest BCUT2D eigenvalue weighted by molar-refractivity contribution is 5.53. The molecule has 0 saturated heterocycles. The number of carboxylic acid groups (broad SMARTS) is 2. The number of carbonyl (C=O) groups is 1. The van der Waals surface area contributed by atoms with Crippen molar-refractivity contribution < 1.29 is 19.7 Å². The average Bonchev–Trinajstić information content (AvgIpc) is 1.90. The third-order valence-electron chi connectivity index (χ3n) is 0.825. The molecule has 0 aromatic rings. The molecule has 1 aliphatic heterocycles. The molecule has 0 aliphatic carbocycles. The number of hydrogen-bond donors (Lipinski definition) is 2. The van der Waals surface area contributed by atoms with Gasteiger partial charge < -0.3 is 14.9 Å². The Kier molecular flexibility index (Phi) is 5.23. The predicted octanol–water partition coefficient (Wildman–Crippen LogP) is 1.53. The van der Waals surface area contributed by atoms with Gasteiger partial charge in [-0.05, 0) is 18.9 Å². The van der Waals surface area contributed by atoms with Crippen molar-refractivity contribution in [3.63, 3.8) is 0 Å². The van der Waals surface area contributed by atoms with Gasteiger partial charge in [-0.25, -0.2) is 4.79 Å². The standard InChI is InChI=1S/C5H8O.CH2O3/c1-2-4-6-5-3-1;2-1(3)4/h2,4H,1,3,5H2;(H2,2,3,4). The fourth-order valence-electron chi connectivity index (χ4n) is 0.489. The van der Waals surface area contributed by atoms with Crippen LogP contribution in [0.15, 0.2) is 12.3 Å². The van der Waals surface area contributed by atoms with Gasteiger partial charge in [0.15, 0.2) is 0 Å². The van der Waals surface area contributed by atoms with Crippen molar-refractivity contribution in [2.45, 2.75) is 12.8 Å². The van der Waals surface area contributed by atoms with E-state index in [1.165, 1.54) is 12.8 Å². The summed E-state index contributed by atoms with van der Waals surface area (Å²) in [5, 5.41) is 13.9.